The van der Waals surface area contributed by atoms with Crippen LogP contribution < -0.4 is 5.32 Å². The lowest BCUT2D eigenvalue weighted by molar-refractivity contribution is 0.122. The second-order valence-corrected chi connectivity index (χ2v) is 3.88. The van der Waals surface area contributed by atoms with Crippen molar-refractivity contribution in [2.75, 3.05) is 5.32 Å². The molecule has 1 aromatic rings. The van der Waals surface area contributed by atoms with Crippen molar-refractivity contribution < 1.29 is 8.78 Å². The highest BCUT2D eigenvalue weighted by Gasteiger charge is 2.08. The standard InChI is InChI=1S/C11H19F2N3/c1-3-5-9(4-2)15-10-6-14-16(7-10)8-11(12)13/h6-7,9,11,15H,3-5,8H2,1-2H3. The molecule has 1 aromatic heterocycles. The molecule has 16 heavy (non-hydrogen) atoms. The Balaban J connectivity index is 2.50. The van der Waals surface area contributed by atoms with Gasteiger partial charge >= 0.3 is 0 Å². The molecule has 0 aromatic carbocycles. The van der Waals surface area contributed by atoms with Crippen LogP contribution >= 0.6 is 0 Å². The van der Waals surface area contributed by atoms with Gasteiger partial charge in [-0.2, -0.15) is 5.10 Å². The molecule has 1 atom stereocenters. The lowest BCUT2D eigenvalue weighted by Gasteiger charge is -2.15. The van der Waals surface area contributed by atoms with Crippen LogP contribution in [0, 0.1) is 0 Å². The smallest absolute Gasteiger partial charge is 0.257 e. The Hall–Kier alpha value is -1.13. The van der Waals surface area contributed by atoms with Gasteiger partial charge in [0, 0.05) is 12.2 Å². The van der Waals surface area contributed by atoms with E-state index in [1.54, 1.807) is 12.4 Å². The van der Waals surface area contributed by atoms with E-state index in [4.69, 9.17) is 0 Å². The van der Waals surface area contributed by atoms with E-state index in [0.29, 0.717) is 6.04 Å². The van der Waals surface area contributed by atoms with E-state index in [1.807, 2.05) is 0 Å². The number of alkyl halides is 2. The molecule has 3 nitrogen and oxygen atoms in total. The van der Waals surface area contributed by atoms with Crippen molar-refractivity contribution in [1.29, 1.82) is 0 Å². The Morgan fingerprint density at radius 2 is 2.19 bits per heavy atom. The van der Waals surface area contributed by atoms with Crippen LogP contribution in [0.5, 0.6) is 0 Å². The van der Waals surface area contributed by atoms with Crippen LogP contribution in [0.4, 0.5) is 14.5 Å². The van der Waals surface area contributed by atoms with E-state index < -0.39 is 6.43 Å². The van der Waals surface area contributed by atoms with Gasteiger partial charge in [0.2, 0.25) is 0 Å². The Bertz CT molecular complexity index is 299. The molecule has 0 saturated heterocycles. The maximum Gasteiger partial charge on any atom is 0.257 e. The third kappa shape index (κ3) is 4.16. The lowest BCUT2D eigenvalue weighted by atomic mass is 10.1. The van der Waals surface area contributed by atoms with Crippen LogP contribution in [-0.2, 0) is 6.54 Å². The monoisotopic (exact) mass is 231 g/mol. The van der Waals surface area contributed by atoms with Crippen LogP contribution in [0.15, 0.2) is 12.4 Å². The zero-order valence-corrected chi connectivity index (χ0v) is 9.79. The molecule has 0 saturated carbocycles. The minimum Gasteiger partial charge on any atom is -0.380 e. The van der Waals surface area contributed by atoms with E-state index in [1.165, 1.54) is 4.68 Å². The molecule has 5 heteroatoms. The lowest BCUT2D eigenvalue weighted by Crippen LogP contribution is -2.17. The molecule has 1 rings (SSSR count). The second kappa shape index (κ2) is 6.45. The number of hydrogen-bond donors (Lipinski definition) is 1. The Morgan fingerprint density at radius 1 is 1.44 bits per heavy atom. The summed E-state index contributed by atoms with van der Waals surface area (Å²) in [6, 6.07) is 0.397. The van der Waals surface area contributed by atoms with Gasteiger partial charge in [0.25, 0.3) is 6.43 Å². The van der Waals surface area contributed by atoms with Crippen molar-refractivity contribution in [2.45, 2.75) is 52.1 Å². The second-order valence-electron chi connectivity index (χ2n) is 3.88. The van der Waals surface area contributed by atoms with Crippen molar-refractivity contribution in [2.24, 2.45) is 0 Å². The summed E-state index contributed by atoms with van der Waals surface area (Å²) in [4.78, 5) is 0. The topological polar surface area (TPSA) is 29.9 Å². The summed E-state index contributed by atoms with van der Waals surface area (Å²) < 4.78 is 25.5. The summed E-state index contributed by atoms with van der Waals surface area (Å²) in [5.74, 6) is 0. The maximum atomic E-state index is 12.1. The fourth-order valence-corrected chi connectivity index (χ4v) is 1.64. The Kier molecular flexibility index (Phi) is 5.22. The van der Waals surface area contributed by atoms with E-state index >= 15 is 0 Å². The first-order chi connectivity index (χ1) is 7.65. The number of aromatic nitrogens is 2. The highest BCUT2D eigenvalue weighted by atomic mass is 19.3. The van der Waals surface area contributed by atoms with Crippen molar-refractivity contribution >= 4 is 5.69 Å². The average molecular weight is 231 g/mol. The number of halogens is 2. The summed E-state index contributed by atoms with van der Waals surface area (Å²) in [7, 11) is 0. The maximum absolute atomic E-state index is 12.1. The van der Waals surface area contributed by atoms with Crippen molar-refractivity contribution in [3.05, 3.63) is 12.4 Å². The number of hydrogen-bond acceptors (Lipinski definition) is 2. The summed E-state index contributed by atoms with van der Waals surface area (Å²) in [6.45, 7) is 3.90. The molecule has 92 valence electrons. The summed E-state index contributed by atoms with van der Waals surface area (Å²) in [6.07, 6.45) is 4.08. The molecule has 1 heterocycles. The van der Waals surface area contributed by atoms with E-state index in [0.717, 1.165) is 24.9 Å². The predicted octanol–water partition coefficient (Wildman–Crippen LogP) is 3.14. The molecule has 1 unspecified atom stereocenters. The molecule has 0 bridgehead atoms. The van der Waals surface area contributed by atoms with Crippen LogP contribution in [0.25, 0.3) is 0 Å². The average Bonchev–Trinajstić information content (AvgIpc) is 2.64. The molecule has 1 N–H and O–H groups in total. The van der Waals surface area contributed by atoms with Gasteiger partial charge in [0.1, 0.15) is 6.54 Å². The van der Waals surface area contributed by atoms with Gasteiger partial charge < -0.3 is 5.32 Å². The SMILES string of the molecule is CCCC(CC)Nc1cnn(CC(F)F)c1. The first-order valence-corrected chi connectivity index (χ1v) is 5.72. The Labute approximate surface area is 94.8 Å². The molecule has 0 radical (unpaired) electrons. The van der Waals surface area contributed by atoms with Gasteiger partial charge in [-0.05, 0) is 12.8 Å². The third-order valence-electron chi connectivity index (χ3n) is 2.46. The molecule has 0 aliphatic rings. The summed E-state index contributed by atoms with van der Waals surface area (Å²) >= 11 is 0. The minimum absolute atomic E-state index is 0.341. The molecule has 0 spiro atoms. The summed E-state index contributed by atoms with van der Waals surface area (Å²) in [5, 5.41) is 7.17. The number of rotatable bonds is 7. The largest absolute Gasteiger partial charge is 0.380 e. The quantitative estimate of drug-likeness (QED) is 0.781. The number of nitrogens with zero attached hydrogens (tertiary/aromatic N) is 2. The molecular formula is C11H19F2N3. The third-order valence-corrected chi connectivity index (χ3v) is 2.46. The van der Waals surface area contributed by atoms with Gasteiger partial charge in [0.15, 0.2) is 0 Å². The van der Waals surface area contributed by atoms with Crippen LogP contribution in [0.2, 0.25) is 0 Å². The fraction of sp³-hybridized carbons (Fsp3) is 0.727. The first kappa shape index (κ1) is 12.9. The Morgan fingerprint density at radius 3 is 2.75 bits per heavy atom. The van der Waals surface area contributed by atoms with Crippen LogP contribution in [-0.4, -0.2) is 22.2 Å². The van der Waals surface area contributed by atoms with Crippen molar-refractivity contribution in [3.63, 3.8) is 0 Å². The molecule has 0 aliphatic heterocycles. The molecule has 0 aliphatic carbocycles. The first-order valence-electron chi connectivity index (χ1n) is 5.72. The van der Waals surface area contributed by atoms with E-state index in [2.05, 4.69) is 24.3 Å². The van der Waals surface area contributed by atoms with Crippen molar-refractivity contribution in [1.82, 2.24) is 9.78 Å². The number of nitrogens with one attached hydrogen (secondary N) is 1. The zero-order chi connectivity index (χ0) is 12.0. The van der Waals surface area contributed by atoms with E-state index in [-0.39, 0.29) is 6.54 Å². The zero-order valence-electron chi connectivity index (χ0n) is 9.79. The van der Waals surface area contributed by atoms with Gasteiger partial charge in [-0.25, -0.2) is 8.78 Å². The van der Waals surface area contributed by atoms with Crippen LogP contribution in [0.3, 0.4) is 0 Å². The molecular weight excluding hydrogens is 212 g/mol. The predicted molar refractivity (Wildman–Crippen MR) is 60.8 cm³/mol. The minimum atomic E-state index is -2.36. The van der Waals surface area contributed by atoms with Crippen LogP contribution in [0.1, 0.15) is 33.1 Å². The normalized spacial score (nSPS) is 13.1. The van der Waals surface area contributed by atoms with Gasteiger partial charge in [-0.15, -0.1) is 0 Å². The van der Waals surface area contributed by atoms with Crippen molar-refractivity contribution in [3.8, 4) is 0 Å². The summed E-state index contributed by atoms with van der Waals surface area (Å²) in [5.41, 5.74) is 0.820. The van der Waals surface area contributed by atoms with E-state index in [9.17, 15) is 8.78 Å². The van der Waals surface area contributed by atoms with Gasteiger partial charge in [-0.3, -0.25) is 4.68 Å². The highest BCUT2D eigenvalue weighted by Crippen LogP contribution is 2.12. The van der Waals surface area contributed by atoms with Gasteiger partial charge in [0.05, 0.1) is 11.9 Å². The molecule has 0 amide bonds. The fourth-order valence-electron chi connectivity index (χ4n) is 1.64. The highest BCUT2D eigenvalue weighted by molar-refractivity contribution is 5.39. The van der Waals surface area contributed by atoms with Gasteiger partial charge in [-0.1, -0.05) is 20.3 Å². The molecule has 0 fully saturated rings. The number of anilines is 1.